The number of rotatable bonds is 14. The molecule has 0 bridgehead atoms. The number of oxazole rings is 3. The zero-order chi connectivity index (χ0) is 89.9. The van der Waals surface area contributed by atoms with Gasteiger partial charge in [0.1, 0.15) is 0 Å². The molecule has 0 aliphatic carbocycles. The summed E-state index contributed by atoms with van der Waals surface area (Å²) in [4.78, 5) is 44.0. The van der Waals surface area contributed by atoms with Crippen LogP contribution in [0.3, 0.4) is 0 Å². The first-order chi connectivity index (χ1) is 67.4. The molecule has 0 saturated heterocycles. The molecule has 0 unspecified atom stereocenters. The predicted molar refractivity (Wildman–Crippen MR) is 555 cm³/mol. The topological polar surface area (TPSA) is 169 Å². The molecule has 646 valence electrons. The molecule has 0 saturated carbocycles. The Morgan fingerprint density at radius 3 is 0.679 bits per heavy atom. The standard InChI is InChI=1S/C45H28N4O.C41H26N4O.C35H22N4O.CH4/c1-3-12-31(13-4-1)42-46-43(32-14-5-2-6-15-32)48-44(47-42)33-22-20-30(21-23-33)41-37-28-36(35-24-19-29-11-7-8-16-34(29)27-35)25-26-38(37)49-39-17-9-10-18-40(39)50-45(41)49;1-4-12-27(13-5-1)32-24-25-34-33(26-32)37(41-45(34)35-18-10-11-19-36(35)46-41)28-20-22-31(23-21-28)40-43-38(29-14-6-2-7-15-29)42-39(44-40)30-16-8-3-9-17-30;1-3-11-24(12-4-1)32-36-33(25-13-5-2-6-14-25)38-34(37-32)26-21-19-23(20-22-26)31-27-15-7-8-16-28(27)39-29-17-9-10-18-30(29)40-35(31)39;/h1-28H;1-26H;1-22H;1H4. The number of benzene rings is 18. The summed E-state index contributed by atoms with van der Waals surface area (Å²) in [6.45, 7) is 0. The van der Waals surface area contributed by atoms with Gasteiger partial charge in [-0.15, -0.1) is 0 Å². The van der Waals surface area contributed by atoms with Crippen LogP contribution in [-0.2, 0) is 0 Å². The molecule has 0 aliphatic heterocycles. The molecule has 0 spiro atoms. The maximum Gasteiger partial charge on any atom is 0.213 e. The zero-order valence-corrected chi connectivity index (χ0v) is 73.0. The van der Waals surface area contributed by atoms with Crippen LogP contribution in [0, 0.1) is 0 Å². The highest BCUT2D eigenvalue weighted by atomic mass is 16.4. The Bertz CT molecular complexity index is 9010. The van der Waals surface area contributed by atoms with Gasteiger partial charge in [-0.3, -0.25) is 13.2 Å². The van der Waals surface area contributed by atoms with E-state index in [1.54, 1.807) is 0 Å². The van der Waals surface area contributed by atoms with Crippen molar-refractivity contribution in [2.24, 2.45) is 0 Å². The Balaban J connectivity index is 0.000000112. The van der Waals surface area contributed by atoms with E-state index in [0.717, 1.165) is 178 Å². The van der Waals surface area contributed by atoms with Crippen molar-refractivity contribution in [1.29, 1.82) is 0 Å². The molecule has 15 nitrogen and oxygen atoms in total. The Labute approximate surface area is 786 Å². The van der Waals surface area contributed by atoms with Gasteiger partial charge >= 0.3 is 0 Å². The fraction of sp³-hybridized carbons (Fsp3) is 0.00820. The SMILES string of the molecule is C.c1ccc(-c2ccc3c(c2)c(-c2ccc(-c4nc(-c5ccccc5)nc(-c5ccccc5)n4)cc2)c2oc4ccccc4n23)cc1.c1ccc(-c2nc(-c3ccccc3)nc(-c3ccc(-c4c5cc(-c6ccc7ccccc7c6)ccc5n5c4oc4ccccc45)cc3)n2)cc1.c1ccc(-c2nc(-c3ccccc3)nc(-c3ccc(-c4c5ccccc5n5c4oc4ccccc45)cc3)n2)cc1. The minimum absolute atomic E-state index is 0. The molecular weight excluding hydrogens is 1680 g/mol. The molecule has 0 amide bonds. The lowest BCUT2D eigenvalue weighted by atomic mass is 9.97. The maximum absolute atomic E-state index is 6.60. The van der Waals surface area contributed by atoms with Crippen molar-refractivity contribution in [2.45, 2.75) is 7.43 Å². The first kappa shape index (κ1) is 81.5. The van der Waals surface area contributed by atoms with Gasteiger partial charge in [0, 0.05) is 66.2 Å². The summed E-state index contributed by atoms with van der Waals surface area (Å²) >= 11 is 0. The zero-order valence-electron chi connectivity index (χ0n) is 73.0. The first-order valence-corrected chi connectivity index (χ1v) is 45.2. The fourth-order valence-electron chi connectivity index (χ4n) is 18.6. The van der Waals surface area contributed by atoms with Gasteiger partial charge in [0.15, 0.2) is 69.2 Å². The van der Waals surface area contributed by atoms with Gasteiger partial charge in [-0.2, -0.15) is 0 Å². The number of nitrogens with zero attached hydrogens (tertiary/aromatic N) is 12. The summed E-state index contributed by atoms with van der Waals surface area (Å²) in [6.07, 6.45) is 0. The second-order valence-electron chi connectivity index (χ2n) is 33.5. The maximum atomic E-state index is 6.60. The molecule has 15 heteroatoms. The van der Waals surface area contributed by atoms with Crippen molar-refractivity contribution >= 4 is 93.9 Å². The second-order valence-corrected chi connectivity index (χ2v) is 33.5. The van der Waals surface area contributed by atoms with Crippen molar-refractivity contribution in [3.05, 3.63) is 461 Å². The first-order valence-electron chi connectivity index (χ1n) is 45.2. The Morgan fingerprint density at radius 1 is 0.146 bits per heavy atom. The average Bonchev–Trinajstić information content (AvgIpc) is 1.53. The highest BCUT2D eigenvalue weighted by Gasteiger charge is 2.27. The number of hydrogen-bond acceptors (Lipinski definition) is 12. The van der Waals surface area contributed by atoms with Gasteiger partial charge in [0.2, 0.25) is 17.1 Å². The molecular formula is C122H80N12O3. The fourth-order valence-corrected chi connectivity index (χ4v) is 18.6. The van der Waals surface area contributed by atoms with E-state index in [4.69, 9.17) is 58.1 Å². The normalized spacial score (nSPS) is 11.4. The minimum Gasteiger partial charge on any atom is -0.438 e. The van der Waals surface area contributed by atoms with E-state index in [1.165, 1.54) is 21.9 Å². The summed E-state index contributed by atoms with van der Waals surface area (Å²) < 4.78 is 26.2. The molecule has 9 aromatic heterocycles. The smallest absolute Gasteiger partial charge is 0.213 e. The quantitative estimate of drug-likeness (QED) is 0.101. The van der Waals surface area contributed by atoms with Gasteiger partial charge in [0.25, 0.3) is 0 Å². The van der Waals surface area contributed by atoms with E-state index < -0.39 is 0 Å². The molecule has 0 aliphatic rings. The van der Waals surface area contributed by atoms with Gasteiger partial charge < -0.3 is 13.3 Å². The number of para-hydroxylation sites is 7. The van der Waals surface area contributed by atoms with Crippen LogP contribution in [0.15, 0.2) is 474 Å². The van der Waals surface area contributed by atoms with Crippen molar-refractivity contribution in [1.82, 2.24) is 58.1 Å². The third kappa shape index (κ3) is 15.1. The summed E-state index contributed by atoms with van der Waals surface area (Å²) in [6, 6.07) is 158. The van der Waals surface area contributed by atoms with Crippen LogP contribution in [0.4, 0.5) is 0 Å². The molecule has 9 heterocycles. The van der Waals surface area contributed by atoms with Crippen molar-refractivity contribution in [3.63, 3.8) is 0 Å². The van der Waals surface area contributed by atoms with Crippen LogP contribution in [0.1, 0.15) is 7.43 Å². The molecule has 27 rings (SSSR count). The van der Waals surface area contributed by atoms with Crippen molar-refractivity contribution < 1.29 is 13.3 Å². The molecule has 0 fully saturated rings. The summed E-state index contributed by atoms with van der Waals surface area (Å²) in [5.41, 5.74) is 31.0. The van der Waals surface area contributed by atoms with Gasteiger partial charge in [-0.1, -0.05) is 396 Å². The predicted octanol–water partition coefficient (Wildman–Crippen LogP) is 31.2. The molecule has 0 atom stereocenters. The molecule has 137 heavy (non-hydrogen) atoms. The van der Waals surface area contributed by atoms with Crippen LogP contribution >= 0.6 is 0 Å². The van der Waals surface area contributed by atoms with Gasteiger partial charge in [-0.05, 0) is 123 Å². The molecule has 27 aromatic rings. The highest BCUT2D eigenvalue weighted by molar-refractivity contribution is 6.11. The molecule has 18 aromatic carbocycles. The highest BCUT2D eigenvalue weighted by Crippen LogP contribution is 2.46. The minimum atomic E-state index is 0. The summed E-state index contributed by atoms with van der Waals surface area (Å²) in [7, 11) is 0. The second kappa shape index (κ2) is 34.9. The third-order valence-corrected chi connectivity index (χ3v) is 25.2. The largest absolute Gasteiger partial charge is 0.438 e. The Morgan fingerprint density at radius 2 is 0.358 bits per heavy atom. The molecule has 0 radical (unpaired) electrons. The van der Waals surface area contributed by atoms with E-state index in [0.29, 0.717) is 52.4 Å². The van der Waals surface area contributed by atoms with Crippen LogP contribution in [0.25, 0.3) is 252 Å². The van der Waals surface area contributed by atoms with Crippen molar-refractivity contribution in [2.75, 3.05) is 0 Å². The van der Waals surface area contributed by atoms with E-state index >= 15 is 0 Å². The van der Waals surface area contributed by atoms with Crippen LogP contribution < -0.4 is 0 Å². The number of aromatic nitrogens is 12. The van der Waals surface area contributed by atoms with Crippen molar-refractivity contribution in [3.8, 4) is 158 Å². The summed E-state index contributed by atoms with van der Waals surface area (Å²) in [5, 5.41) is 5.87. The van der Waals surface area contributed by atoms with Gasteiger partial charge in [-0.25, -0.2) is 44.9 Å². The van der Waals surface area contributed by atoms with E-state index in [-0.39, 0.29) is 7.43 Å². The summed E-state index contributed by atoms with van der Waals surface area (Å²) in [5.74, 6) is 5.75. The van der Waals surface area contributed by atoms with E-state index in [1.807, 2.05) is 231 Å². The van der Waals surface area contributed by atoms with Crippen LogP contribution in [0.5, 0.6) is 0 Å². The lowest BCUT2D eigenvalue weighted by molar-refractivity contribution is 0.658. The van der Waals surface area contributed by atoms with Gasteiger partial charge in [0.05, 0.1) is 49.8 Å². The lowest BCUT2D eigenvalue weighted by Crippen LogP contribution is -2.00. The Kier molecular flexibility index (Phi) is 20.7. The third-order valence-electron chi connectivity index (χ3n) is 25.2. The average molecular weight is 1760 g/mol. The Hall–Kier alpha value is -18.7. The van der Waals surface area contributed by atoms with Crippen LogP contribution in [-0.4, -0.2) is 58.1 Å². The number of hydrogen-bond donors (Lipinski definition) is 0. The van der Waals surface area contributed by atoms with E-state index in [2.05, 4.69) is 244 Å². The van der Waals surface area contributed by atoms with E-state index in [9.17, 15) is 0 Å². The lowest BCUT2D eigenvalue weighted by Gasteiger charge is -2.09. The number of fused-ring (bicyclic) bond motifs is 16. The monoisotopic (exact) mass is 1760 g/mol. The molecule has 0 N–H and O–H groups in total. The van der Waals surface area contributed by atoms with Crippen LogP contribution in [0.2, 0.25) is 0 Å².